The van der Waals surface area contributed by atoms with Crippen LogP contribution >= 0.6 is 0 Å². The largest absolute Gasteiger partial charge is 0.550 e. The molecule has 2 aromatic carbocycles. The number of benzene rings is 2. The zero-order valence-corrected chi connectivity index (χ0v) is 8.72. The van der Waals surface area contributed by atoms with E-state index < -0.39 is 5.97 Å². The third-order valence-electron chi connectivity index (χ3n) is 2.41. The van der Waals surface area contributed by atoms with Gasteiger partial charge in [-0.1, -0.05) is 54.6 Å². The van der Waals surface area contributed by atoms with Crippen LogP contribution in [0.25, 0.3) is 11.1 Å². The van der Waals surface area contributed by atoms with Gasteiger partial charge in [-0.25, -0.2) is 0 Å². The summed E-state index contributed by atoms with van der Waals surface area (Å²) in [5, 5.41) is 10.4. The highest BCUT2D eigenvalue weighted by molar-refractivity contribution is 5.69. The summed E-state index contributed by atoms with van der Waals surface area (Å²) < 4.78 is 0. The van der Waals surface area contributed by atoms with Gasteiger partial charge in [-0.3, -0.25) is 0 Å². The molecule has 0 saturated heterocycles. The fourth-order valence-electron chi connectivity index (χ4n) is 1.61. The monoisotopic (exact) mass is 211 g/mol. The van der Waals surface area contributed by atoms with Gasteiger partial charge in [-0.15, -0.1) is 0 Å². The quantitative estimate of drug-likeness (QED) is 0.774. The summed E-state index contributed by atoms with van der Waals surface area (Å²) >= 11 is 0. The first-order chi connectivity index (χ1) is 7.75. The lowest BCUT2D eigenvalue weighted by atomic mass is 10.0. The average Bonchev–Trinajstić information content (AvgIpc) is 2.30. The summed E-state index contributed by atoms with van der Waals surface area (Å²) in [5.74, 6) is -1.05. The summed E-state index contributed by atoms with van der Waals surface area (Å²) in [4.78, 5) is 10.4. The van der Waals surface area contributed by atoms with E-state index in [2.05, 4.69) is 0 Å². The Labute approximate surface area is 94.2 Å². The van der Waals surface area contributed by atoms with E-state index in [0.717, 1.165) is 16.7 Å². The van der Waals surface area contributed by atoms with Crippen molar-refractivity contribution in [3.05, 3.63) is 60.2 Å². The third-order valence-corrected chi connectivity index (χ3v) is 2.41. The van der Waals surface area contributed by atoms with Crippen molar-refractivity contribution in [2.24, 2.45) is 0 Å². The number of carbonyl (C=O) groups is 1. The molecule has 2 rings (SSSR count). The molecule has 0 bridgehead atoms. The number of carbonyl (C=O) groups excluding carboxylic acids is 1. The molecular weight excluding hydrogens is 200 g/mol. The molecule has 0 fully saturated rings. The van der Waals surface area contributed by atoms with Crippen molar-refractivity contribution in [3.63, 3.8) is 0 Å². The van der Waals surface area contributed by atoms with Gasteiger partial charge in [0.05, 0.1) is 0 Å². The average molecular weight is 211 g/mol. The predicted octanol–water partition coefficient (Wildman–Crippen LogP) is 1.65. The van der Waals surface area contributed by atoms with Crippen LogP contribution in [0.3, 0.4) is 0 Å². The molecule has 2 heteroatoms. The fraction of sp³-hybridized carbons (Fsp3) is 0.0714. The molecule has 0 heterocycles. The van der Waals surface area contributed by atoms with Gasteiger partial charge < -0.3 is 9.90 Å². The predicted molar refractivity (Wildman–Crippen MR) is 60.6 cm³/mol. The Hall–Kier alpha value is -2.09. The molecule has 80 valence electrons. The highest BCUT2D eigenvalue weighted by atomic mass is 16.4. The van der Waals surface area contributed by atoms with Gasteiger partial charge in [-0.2, -0.15) is 0 Å². The Morgan fingerprint density at radius 3 is 2.00 bits per heavy atom. The van der Waals surface area contributed by atoms with Crippen LogP contribution in [0, 0.1) is 0 Å². The molecule has 0 radical (unpaired) electrons. The van der Waals surface area contributed by atoms with Gasteiger partial charge in [0.2, 0.25) is 0 Å². The minimum atomic E-state index is -1.05. The Morgan fingerprint density at radius 2 is 1.44 bits per heavy atom. The van der Waals surface area contributed by atoms with Crippen LogP contribution in [0.5, 0.6) is 0 Å². The van der Waals surface area contributed by atoms with Crippen molar-refractivity contribution in [3.8, 4) is 11.1 Å². The van der Waals surface area contributed by atoms with E-state index in [9.17, 15) is 9.90 Å². The van der Waals surface area contributed by atoms with Crippen molar-refractivity contribution in [1.29, 1.82) is 0 Å². The summed E-state index contributed by atoms with van der Waals surface area (Å²) in [6, 6.07) is 17.4. The zero-order chi connectivity index (χ0) is 11.4. The fourth-order valence-corrected chi connectivity index (χ4v) is 1.61. The number of carboxylic acids is 1. The van der Waals surface area contributed by atoms with Crippen LogP contribution in [0.1, 0.15) is 5.56 Å². The summed E-state index contributed by atoms with van der Waals surface area (Å²) in [5.41, 5.74) is 2.98. The molecule has 0 aliphatic heterocycles. The van der Waals surface area contributed by atoms with Gasteiger partial charge in [0.25, 0.3) is 0 Å². The van der Waals surface area contributed by atoms with Crippen molar-refractivity contribution in [2.75, 3.05) is 0 Å². The molecule has 0 spiro atoms. The highest BCUT2D eigenvalue weighted by Gasteiger charge is 1.97. The Morgan fingerprint density at radius 1 is 0.875 bits per heavy atom. The molecule has 2 nitrogen and oxygen atoms in total. The van der Waals surface area contributed by atoms with E-state index in [1.54, 1.807) is 0 Å². The summed E-state index contributed by atoms with van der Waals surface area (Å²) in [6.07, 6.45) is -0.0327. The van der Waals surface area contributed by atoms with E-state index >= 15 is 0 Å². The Bertz CT molecular complexity index is 472. The van der Waals surface area contributed by atoms with Crippen LogP contribution in [0.15, 0.2) is 54.6 Å². The maximum absolute atomic E-state index is 10.4. The summed E-state index contributed by atoms with van der Waals surface area (Å²) in [6.45, 7) is 0. The number of hydrogen-bond acceptors (Lipinski definition) is 2. The maximum atomic E-state index is 10.4. The molecule has 2 aromatic rings. The minimum absolute atomic E-state index is 0.0327. The van der Waals surface area contributed by atoms with Crippen molar-refractivity contribution in [1.82, 2.24) is 0 Å². The number of carboxylic acid groups (broad SMARTS) is 1. The van der Waals surface area contributed by atoms with Crippen LogP contribution < -0.4 is 5.11 Å². The SMILES string of the molecule is O=C([O-])Cc1ccc(-c2ccccc2)cc1. The summed E-state index contributed by atoms with van der Waals surface area (Å²) in [7, 11) is 0. The van der Waals surface area contributed by atoms with E-state index in [1.807, 2.05) is 54.6 Å². The van der Waals surface area contributed by atoms with Crippen LogP contribution in [0.4, 0.5) is 0 Å². The van der Waals surface area contributed by atoms with Gasteiger partial charge in [0.1, 0.15) is 0 Å². The third kappa shape index (κ3) is 2.48. The van der Waals surface area contributed by atoms with E-state index in [1.165, 1.54) is 0 Å². The molecule has 0 unspecified atom stereocenters. The number of hydrogen-bond donors (Lipinski definition) is 0. The van der Waals surface area contributed by atoms with Crippen molar-refractivity contribution < 1.29 is 9.90 Å². The standard InChI is InChI=1S/C14H12O2/c15-14(16)10-11-6-8-13(9-7-11)12-4-2-1-3-5-12/h1-9H,10H2,(H,15,16)/p-1. The molecular formula is C14H11O2-. The second-order valence-electron chi connectivity index (χ2n) is 3.61. The van der Waals surface area contributed by atoms with E-state index in [-0.39, 0.29) is 6.42 Å². The van der Waals surface area contributed by atoms with Gasteiger partial charge in [-0.05, 0) is 16.7 Å². The van der Waals surface area contributed by atoms with Crippen molar-refractivity contribution >= 4 is 5.97 Å². The first-order valence-corrected chi connectivity index (χ1v) is 5.10. The second kappa shape index (κ2) is 4.62. The van der Waals surface area contributed by atoms with E-state index in [4.69, 9.17) is 0 Å². The molecule has 0 aromatic heterocycles. The first kappa shape index (κ1) is 10.4. The Balaban J connectivity index is 2.23. The van der Waals surface area contributed by atoms with E-state index in [0.29, 0.717) is 0 Å². The molecule has 0 aliphatic rings. The highest BCUT2D eigenvalue weighted by Crippen LogP contribution is 2.19. The lowest BCUT2D eigenvalue weighted by Crippen LogP contribution is -2.24. The topological polar surface area (TPSA) is 40.1 Å². The molecule has 16 heavy (non-hydrogen) atoms. The number of aliphatic carboxylic acids is 1. The van der Waals surface area contributed by atoms with Gasteiger partial charge in [0.15, 0.2) is 0 Å². The smallest absolute Gasteiger partial charge is 0.0458 e. The van der Waals surface area contributed by atoms with Crippen LogP contribution in [0.2, 0.25) is 0 Å². The van der Waals surface area contributed by atoms with Crippen LogP contribution in [-0.2, 0) is 11.2 Å². The minimum Gasteiger partial charge on any atom is -0.550 e. The zero-order valence-electron chi connectivity index (χ0n) is 8.72. The Kier molecular flexibility index (Phi) is 3.01. The van der Waals surface area contributed by atoms with Crippen molar-refractivity contribution in [2.45, 2.75) is 6.42 Å². The van der Waals surface area contributed by atoms with Gasteiger partial charge in [0, 0.05) is 12.4 Å². The lowest BCUT2D eigenvalue weighted by Gasteiger charge is -2.05. The van der Waals surface area contributed by atoms with Crippen LogP contribution in [-0.4, -0.2) is 5.97 Å². The molecule has 0 amide bonds. The maximum Gasteiger partial charge on any atom is 0.0458 e. The molecule has 0 aliphatic carbocycles. The second-order valence-corrected chi connectivity index (χ2v) is 3.61. The molecule has 0 N–H and O–H groups in total. The molecule has 0 saturated carbocycles. The number of rotatable bonds is 3. The first-order valence-electron chi connectivity index (χ1n) is 5.10. The normalized spacial score (nSPS) is 10.0. The van der Waals surface area contributed by atoms with Gasteiger partial charge >= 0.3 is 0 Å². The molecule has 0 atom stereocenters. The lowest BCUT2D eigenvalue weighted by molar-refractivity contribution is -0.304.